The van der Waals surface area contributed by atoms with Crippen LogP contribution >= 0.6 is 11.6 Å². The van der Waals surface area contributed by atoms with E-state index in [9.17, 15) is 9.59 Å². The fourth-order valence-corrected chi connectivity index (χ4v) is 3.13. The van der Waals surface area contributed by atoms with Gasteiger partial charge in [0.15, 0.2) is 0 Å². The van der Waals surface area contributed by atoms with Crippen LogP contribution in [0.4, 0.5) is 4.79 Å². The van der Waals surface area contributed by atoms with E-state index in [1.54, 1.807) is 37.3 Å². The Bertz CT molecular complexity index is 979. The molecule has 0 aliphatic heterocycles. The Morgan fingerprint density at radius 3 is 2.23 bits per heavy atom. The van der Waals surface area contributed by atoms with Gasteiger partial charge in [-0.3, -0.25) is 4.90 Å². The minimum absolute atomic E-state index is 0.202. The van der Waals surface area contributed by atoms with Crippen LogP contribution in [-0.4, -0.2) is 23.6 Å². The smallest absolute Gasteiger partial charge is 0.413 e. The van der Waals surface area contributed by atoms with E-state index in [0.29, 0.717) is 16.1 Å². The summed E-state index contributed by atoms with van der Waals surface area (Å²) in [4.78, 5) is 27.1. The largest absolute Gasteiger partial charge is 0.450 e. The van der Waals surface area contributed by atoms with Crippen molar-refractivity contribution in [3.05, 3.63) is 107 Å². The summed E-state index contributed by atoms with van der Waals surface area (Å²) in [5.41, 5.74) is 1.83. The number of nitrogens with zero attached hydrogens (tertiary/aromatic N) is 1. The summed E-state index contributed by atoms with van der Waals surface area (Å²) < 4.78 is 11.1. The summed E-state index contributed by atoms with van der Waals surface area (Å²) in [7, 11) is 0. The Balaban J connectivity index is 1.96. The Morgan fingerprint density at radius 2 is 1.60 bits per heavy atom. The van der Waals surface area contributed by atoms with Gasteiger partial charge in [-0.1, -0.05) is 78.3 Å². The third-order valence-corrected chi connectivity index (χ3v) is 4.58. The van der Waals surface area contributed by atoms with E-state index in [2.05, 4.69) is 0 Å². The SMILES string of the molecule is CCOC(=O)N(Cc1ccccc1)C(OC(=O)c1cccc(Cl)c1)c1ccccc1. The van der Waals surface area contributed by atoms with Gasteiger partial charge in [-0.2, -0.15) is 0 Å². The second-order valence-corrected chi connectivity index (χ2v) is 6.93. The number of carbonyl (C=O) groups is 2. The number of benzene rings is 3. The normalized spacial score (nSPS) is 11.4. The molecule has 0 aliphatic carbocycles. The molecule has 0 fully saturated rings. The van der Waals surface area contributed by atoms with Crippen LogP contribution in [0.5, 0.6) is 0 Å². The number of carbonyl (C=O) groups excluding carboxylic acids is 2. The van der Waals surface area contributed by atoms with Gasteiger partial charge >= 0.3 is 12.1 Å². The van der Waals surface area contributed by atoms with Gasteiger partial charge in [-0.25, -0.2) is 9.59 Å². The van der Waals surface area contributed by atoms with E-state index in [1.807, 2.05) is 48.5 Å². The molecule has 0 heterocycles. The topological polar surface area (TPSA) is 55.8 Å². The van der Waals surface area contributed by atoms with Crippen LogP contribution in [0.2, 0.25) is 5.02 Å². The van der Waals surface area contributed by atoms with E-state index in [4.69, 9.17) is 21.1 Å². The first-order valence-electron chi connectivity index (χ1n) is 9.57. The van der Waals surface area contributed by atoms with Crippen molar-refractivity contribution < 1.29 is 19.1 Å². The summed E-state index contributed by atoms with van der Waals surface area (Å²) in [5.74, 6) is -0.589. The lowest BCUT2D eigenvalue weighted by Gasteiger charge is -2.31. The number of ether oxygens (including phenoxy) is 2. The third-order valence-electron chi connectivity index (χ3n) is 4.34. The highest BCUT2D eigenvalue weighted by Crippen LogP contribution is 2.27. The first kappa shape index (κ1) is 21.4. The molecule has 0 saturated heterocycles. The van der Waals surface area contributed by atoms with Crippen molar-refractivity contribution in [2.24, 2.45) is 0 Å². The predicted octanol–water partition coefficient (Wildman–Crippen LogP) is 5.85. The maximum atomic E-state index is 12.9. The van der Waals surface area contributed by atoms with E-state index < -0.39 is 18.3 Å². The molecule has 1 amide bonds. The lowest BCUT2D eigenvalue weighted by Crippen LogP contribution is -2.37. The van der Waals surface area contributed by atoms with Crippen LogP contribution in [-0.2, 0) is 16.0 Å². The number of rotatable bonds is 7. The first-order valence-corrected chi connectivity index (χ1v) is 9.95. The van der Waals surface area contributed by atoms with Gasteiger partial charge < -0.3 is 9.47 Å². The lowest BCUT2D eigenvalue weighted by molar-refractivity contribution is -0.0348. The molecule has 3 aromatic carbocycles. The van der Waals surface area contributed by atoms with Crippen molar-refractivity contribution in [1.29, 1.82) is 0 Å². The third kappa shape index (κ3) is 5.61. The number of amides is 1. The molecule has 6 heteroatoms. The zero-order valence-electron chi connectivity index (χ0n) is 16.5. The van der Waals surface area contributed by atoms with Crippen LogP contribution < -0.4 is 0 Å². The monoisotopic (exact) mass is 423 g/mol. The fraction of sp³-hybridized carbons (Fsp3) is 0.167. The molecule has 0 N–H and O–H groups in total. The van der Waals surface area contributed by atoms with Crippen molar-refractivity contribution in [3.8, 4) is 0 Å². The molecule has 0 bridgehead atoms. The molecule has 1 unspecified atom stereocenters. The average Bonchev–Trinajstić information content (AvgIpc) is 2.77. The molecule has 0 radical (unpaired) electrons. The molecule has 0 aromatic heterocycles. The molecule has 1 atom stereocenters. The second-order valence-electron chi connectivity index (χ2n) is 6.49. The van der Waals surface area contributed by atoms with E-state index in [-0.39, 0.29) is 13.2 Å². The number of hydrogen-bond acceptors (Lipinski definition) is 4. The minimum atomic E-state index is -0.975. The van der Waals surface area contributed by atoms with Gasteiger partial charge in [0.25, 0.3) is 0 Å². The summed E-state index contributed by atoms with van der Waals surface area (Å²) in [6.07, 6.45) is -1.55. The summed E-state index contributed by atoms with van der Waals surface area (Å²) in [6, 6.07) is 25.0. The van der Waals surface area contributed by atoms with Crippen LogP contribution in [0, 0.1) is 0 Å². The first-order chi connectivity index (χ1) is 14.6. The molecule has 0 spiro atoms. The van der Waals surface area contributed by atoms with Crippen LogP contribution in [0.15, 0.2) is 84.9 Å². The van der Waals surface area contributed by atoms with Gasteiger partial charge in [-0.05, 0) is 30.7 Å². The average molecular weight is 424 g/mol. The van der Waals surface area contributed by atoms with Crippen LogP contribution in [0.3, 0.4) is 0 Å². The Hall–Kier alpha value is -3.31. The van der Waals surface area contributed by atoms with Crippen molar-refractivity contribution in [1.82, 2.24) is 4.90 Å². The van der Waals surface area contributed by atoms with Gasteiger partial charge in [0.05, 0.1) is 18.7 Å². The van der Waals surface area contributed by atoms with Crippen molar-refractivity contribution in [3.63, 3.8) is 0 Å². The molecule has 154 valence electrons. The summed E-state index contributed by atoms with van der Waals surface area (Å²) in [5, 5.41) is 0.423. The Morgan fingerprint density at radius 1 is 0.933 bits per heavy atom. The van der Waals surface area contributed by atoms with Crippen LogP contribution in [0.25, 0.3) is 0 Å². The van der Waals surface area contributed by atoms with Gasteiger partial charge in [0.1, 0.15) is 0 Å². The summed E-state index contributed by atoms with van der Waals surface area (Å²) in [6.45, 7) is 2.14. The maximum Gasteiger partial charge on any atom is 0.413 e. The predicted molar refractivity (Wildman–Crippen MR) is 115 cm³/mol. The molecular formula is C24H22ClNO4. The van der Waals surface area contributed by atoms with Gasteiger partial charge in [0, 0.05) is 10.6 Å². The van der Waals surface area contributed by atoms with E-state index >= 15 is 0 Å². The number of hydrogen-bond donors (Lipinski definition) is 0. The molecule has 3 rings (SSSR count). The Kier molecular flexibility index (Phi) is 7.46. The highest BCUT2D eigenvalue weighted by Gasteiger charge is 2.30. The quantitative estimate of drug-likeness (QED) is 0.353. The highest BCUT2D eigenvalue weighted by atomic mass is 35.5. The van der Waals surface area contributed by atoms with Crippen molar-refractivity contribution in [2.45, 2.75) is 19.7 Å². The van der Waals surface area contributed by atoms with Crippen molar-refractivity contribution >= 4 is 23.7 Å². The molecule has 5 nitrogen and oxygen atoms in total. The van der Waals surface area contributed by atoms with Gasteiger partial charge in [-0.15, -0.1) is 0 Å². The number of halogens is 1. The molecular weight excluding hydrogens is 402 g/mol. The molecule has 0 saturated carbocycles. The van der Waals surface area contributed by atoms with E-state index in [0.717, 1.165) is 5.56 Å². The fourth-order valence-electron chi connectivity index (χ4n) is 2.94. The van der Waals surface area contributed by atoms with Crippen molar-refractivity contribution in [2.75, 3.05) is 6.61 Å². The summed E-state index contributed by atoms with van der Waals surface area (Å²) >= 11 is 6.01. The zero-order chi connectivity index (χ0) is 21.3. The van der Waals surface area contributed by atoms with Crippen LogP contribution in [0.1, 0.15) is 34.6 Å². The van der Waals surface area contributed by atoms with Gasteiger partial charge in [0.2, 0.25) is 6.23 Å². The number of esters is 1. The Labute approximate surface area is 180 Å². The molecule has 3 aromatic rings. The minimum Gasteiger partial charge on any atom is -0.450 e. The lowest BCUT2D eigenvalue weighted by atomic mass is 10.1. The second kappa shape index (κ2) is 10.5. The van der Waals surface area contributed by atoms with E-state index in [1.165, 1.54) is 11.0 Å². The molecule has 0 aliphatic rings. The molecule has 30 heavy (non-hydrogen) atoms. The zero-order valence-corrected chi connectivity index (χ0v) is 17.3. The maximum absolute atomic E-state index is 12.9. The highest BCUT2D eigenvalue weighted by molar-refractivity contribution is 6.30. The standard InChI is InChI=1S/C24H22ClNO4/c1-2-29-24(28)26(17-18-10-5-3-6-11-18)22(19-12-7-4-8-13-19)30-23(27)20-14-9-15-21(25)16-20/h3-16,22H,2,17H2,1H3.